The maximum atomic E-state index is 12.0. The van der Waals surface area contributed by atoms with Crippen molar-refractivity contribution in [1.29, 1.82) is 0 Å². The normalized spacial score (nSPS) is 11.9. The van der Waals surface area contributed by atoms with E-state index < -0.39 is 0 Å². The van der Waals surface area contributed by atoms with Gasteiger partial charge in [-0.1, -0.05) is 32.6 Å². The molecule has 1 aromatic rings. The van der Waals surface area contributed by atoms with Gasteiger partial charge in [-0.25, -0.2) is 0 Å². The predicted octanol–water partition coefficient (Wildman–Crippen LogP) is 2.42. The number of aliphatic hydroxyl groups is 1. The Hall–Kier alpha value is -1.31. The molecule has 1 atom stereocenters. The van der Waals surface area contributed by atoms with Crippen LogP contribution in [0.3, 0.4) is 0 Å². The lowest BCUT2D eigenvalue weighted by atomic mass is 9.98. The van der Waals surface area contributed by atoms with E-state index in [0.717, 1.165) is 10.4 Å². The lowest BCUT2D eigenvalue weighted by Gasteiger charge is -2.15. The summed E-state index contributed by atoms with van der Waals surface area (Å²) in [6, 6.07) is 1.85. The second kappa shape index (κ2) is 7.32. The molecule has 104 valence electrons. The summed E-state index contributed by atoms with van der Waals surface area (Å²) < 4.78 is 0. The number of hydrogen-bond donors (Lipinski definition) is 2. The summed E-state index contributed by atoms with van der Waals surface area (Å²) in [7, 11) is 0. The molecule has 19 heavy (non-hydrogen) atoms. The van der Waals surface area contributed by atoms with Gasteiger partial charge in [-0.15, -0.1) is 11.3 Å². The zero-order chi connectivity index (χ0) is 14.4. The summed E-state index contributed by atoms with van der Waals surface area (Å²) in [5, 5.41) is 11.6. The highest BCUT2D eigenvalue weighted by Gasteiger charge is 2.13. The summed E-state index contributed by atoms with van der Waals surface area (Å²) in [5.41, 5.74) is 0.980. The second-order valence-electron chi connectivity index (χ2n) is 5.01. The van der Waals surface area contributed by atoms with Crippen molar-refractivity contribution in [1.82, 2.24) is 5.32 Å². The van der Waals surface area contributed by atoms with E-state index in [9.17, 15) is 4.79 Å². The molecule has 1 heterocycles. The lowest BCUT2D eigenvalue weighted by molar-refractivity contribution is 0.0949. The zero-order valence-corrected chi connectivity index (χ0v) is 12.7. The minimum atomic E-state index is -0.162. The third-order valence-corrected chi connectivity index (χ3v) is 4.30. The van der Waals surface area contributed by atoms with Gasteiger partial charge in [-0.05, 0) is 30.4 Å². The number of rotatable bonds is 4. The van der Waals surface area contributed by atoms with Crippen LogP contribution < -0.4 is 5.32 Å². The topological polar surface area (TPSA) is 49.3 Å². The van der Waals surface area contributed by atoms with Crippen molar-refractivity contribution in [3.05, 3.63) is 21.4 Å². The third-order valence-electron chi connectivity index (χ3n) is 3.15. The second-order valence-corrected chi connectivity index (χ2v) is 6.07. The van der Waals surface area contributed by atoms with Gasteiger partial charge in [0.1, 0.15) is 6.61 Å². The van der Waals surface area contributed by atoms with Crippen molar-refractivity contribution < 1.29 is 9.90 Å². The molecule has 0 saturated heterocycles. The highest BCUT2D eigenvalue weighted by Crippen LogP contribution is 2.21. The number of aliphatic hydroxyl groups excluding tert-OH is 1. The van der Waals surface area contributed by atoms with Crippen molar-refractivity contribution in [3.63, 3.8) is 0 Å². The molecule has 0 bridgehead atoms. The molecule has 0 spiro atoms. The fourth-order valence-electron chi connectivity index (χ4n) is 1.41. The Balaban J connectivity index is 2.68. The predicted molar refractivity (Wildman–Crippen MR) is 79.4 cm³/mol. The fourth-order valence-corrected chi connectivity index (χ4v) is 2.38. The van der Waals surface area contributed by atoms with E-state index in [1.807, 2.05) is 13.0 Å². The number of hydrogen-bond acceptors (Lipinski definition) is 3. The maximum Gasteiger partial charge on any atom is 0.261 e. The van der Waals surface area contributed by atoms with Crippen molar-refractivity contribution >= 4 is 17.2 Å². The van der Waals surface area contributed by atoms with E-state index in [0.29, 0.717) is 23.3 Å². The van der Waals surface area contributed by atoms with Crippen molar-refractivity contribution in [2.75, 3.05) is 13.2 Å². The Bertz CT molecular complexity index is 494. The molecule has 4 heteroatoms. The third kappa shape index (κ3) is 4.70. The van der Waals surface area contributed by atoms with Crippen LogP contribution in [0.1, 0.15) is 40.9 Å². The number of aryl methyl sites for hydroxylation is 1. The largest absolute Gasteiger partial charge is 0.384 e. The van der Waals surface area contributed by atoms with Gasteiger partial charge in [0, 0.05) is 6.54 Å². The molecule has 0 aliphatic heterocycles. The highest BCUT2D eigenvalue weighted by atomic mass is 32.1. The van der Waals surface area contributed by atoms with Crippen LogP contribution in [-0.2, 0) is 0 Å². The smallest absolute Gasteiger partial charge is 0.261 e. The van der Waals surface area contributed by atoms with E-state index >= 15 is 0 Å². The molecule has 0 fully saturated rings. The number of carbonyl (C=O) groups is 1. The van der Waals surface area contributed by atoms with Gasteiger partial charge >= 0.3 is 0 Å². The van der Waals surface area contributed by atoms with Crippen LogP contribution in [0.5, 0.6) is 0 Å². The average molecular weight is 279 g/mol. The Morgan fingerprint density at radius 2 is 2.16 bits per heavy atom. The molecular formula is C15H21NO2S. The van der Waals surface area contributed by atoms with E-state index in [-0.39, 0.29) is 12.5 Å². The fraction of sp³-hybridized carbons (Fsp3) is 0.533. The van der Waals surface area contributed by atoms with Crippen LogP contribution in [0.15, 0.2) is 6.07 Å². The van der Waals surface area contributed by atoms with Crippen LogP contribution >= 0.6 is 11.3 Å². The molecule has 0 radical (unpaired) electrons. The number of nitrogens with one attached hydrogen (secondary N) is 1. The molecule has 3 nitrogen and oxygen atoms in total. The van der Waals surface area contributed by atoms with Gasteiger partial charge in [0.2, 0.25) is 0 Å². The molecule has 0 aliphatic rings. The maximum absolute atomic E-state index is 12.0. The summed E-state index contributed by atoms with van der Waals surface area (Å²) >= 11 is 1.37. The number of amides is 1. The molecule has 0 aliphatic carbocycles. The van der Waals surface area contributed by atoms with Crippen LogP contribution in [-0.4, -0.2) is 24.2 Å². The van der Waals surface area contributed by atoms with Crippen molar-refractivity contribution in [3.8, 4) is 11.8 Å². The van der Waals surface area contributed by atoms with Gasteiger partial charge < -0.3 is 10.4 Å². The Morgan fingerprint density at radius 3 is 2.74 bits per heavy atom. The van der Waals surface area contributed by atoms with Crippen LogP contribution in [0.4, 0.5) is 0 Å². The van der Waals surface area contributed by atoms with E-state index in [1.54, 1.807) is 0 Å². The van der Waals surface area contributed by atoms with Crippen LogP contribution in [0, 0.1) is 30.6 Å². The molecular weight excluding hydrogens is 258 g/mol. The molecule has 0 aromatic carbocycles. The van der Waals surface area contributed by atoms with Gasteiger partial charge in [0.25, 0.3) is 5.91 Å². The lowest BCUT2D eigenvalue weighted by Crippen LogP contribution is -2.29. The monoisotopic (exact) mass is 279 g/mol. The zero-order valence-electron chi connectivity index (χ0n) is 11.9. The minimum absolute atomic E-state index is 0.0438. The van der Waals surface area contributed by atoms with Crippen LogP contribution in [0.25, 0.3) is 0 Å². The van der Waals surface area contributed by atoms with E-state index in [2.05, 4.69) is 37.9 Å². The van der Waals surface area contributed by atoms with Gasteiger partial charge in [0.15, 0.2) is 0 Å². The first kappa shape index (κ1) is 15.7. The van der Waals surface area contributed by atoms with Crippen molar-refractivity contribution in [2.24, 2.45) is 11.8 Å². The first-order valence-electron chi connectivity index (χ1n) is 6.44. The summed E-state index contributed by atoms with van der Waals surface area (Å²) in [6.07, 6.45) is 0. The van der Waals surface area contributed by atoms with Gasteiger partial charge in [-0.2, -0.15) is 0 Å². The average Bonchev–Trinajstić information content (AvgIpc) is 2.74. The Labute approximate surface area is 119 Å². The summed E-state index contributed by atoms with van der Waals surface area (Å²) in [5.74, 6) is 6.43. The SMILES string of the molecule is Cc1cc(C(=O)NCC(C)C(C)C)sc1C#CCO. The summed E-state index contributed by atoms with van der Waals surface area (Å²) in [4.78, 5) is 13.5. The van der Waals surface area contributed by atoms with Gasteiger partial charge in [-0.3, -0.25) is 4.79 Å². The number of thiophene rings is 1. The summed E-state index contributed by atoms with van der Waals surface area (Å²) in [6.45, 7) is 8.87. The molecule has 0 saturated carbocycles. The Morgan fingerprint density at radius 1 is 1.47 bits per heavy atom. The minimum Gasteiger partial charge on any atom is -0.384 e. The molecule has 1 amide bonds. The molecule has 1 unspecified atom stereocenters. The Kier molecular flexibility index (Phi) is 6.07. The standard InChI is InChI=1S/C15H21NO2S/c1-10(2)12(4)9-16-15(18)14-8-11(3)13(19-14)6-5-7-17/h8,10,12,17H,7,9H2,1-4H3,(H,16,18). The van der Waals surface area contributed by atoms with E-state index in [4.69, 9.17) is 5.11 Å². The van der Waals surface area contributed by atoms with Crippen LogP contribution in [0.2, 0.25) is 0 Å². The molecule has 1 rings (SSSR count). The first-order valence-corrected chi connectivity index (χ1v) is 7.25. The van der Waals surface area contributed by atoms with Gasteiger partial charge in [0.05, 0.1) is 9.75 Å². The van der Waals surface area contributed by atoms with E-state index in [1.165, 1.54) is 11.3 Å². The first-order chi connectivity index (χ1) is 8.95. The highest BCUT2D eigenvalue weighted by molar-refractivity contribution is 7.14. The molecule has 1 aromatic heterocycles. The number of carbonyl (C=O) groups excluding carboxylic acids is 1. The van der Waals surface area contributed by atoms with Crippen molar-refractivity contribution in [2.45, 2.75) is 27.7 Å². The molecule has 2 N–H and O–H groups in total. The quantitative estimate of drug-likeness (QED) is 0.832.